The largest absolute Gasteiger partial charge is 0.494 e. The molecule has 1 amide bonds. The Morgan fingerprint density at radius 2 is 1.47 bits per heavy atom. The number of piperazine rings is 1. The summed E-state index contributed by atoms with van der Waals surface area (Å²) < 4.78 is 18.7. The third-order valence-corrected chi connectivity index (χ3v) is 10.4. The molecule has 6 rings (SSSR count). The molecule has 1 aliphatic carbocycles. The lowest BCUT2D eigenvalue weighted by atomic mass is 9.77. The maximum absolute atomic E-state index is 13.2. The van der Waals surface area contributed by atoms with Gasteiger partial charge in [-0.3, -0.25) is 4.90 Å². The second kappa shape index (κ2) is 12.1. The number of amides is 1. The fourth-order valence-corrected chi connectivity index (χ4v) is 6.81. The Morgan fingerprint density at radius 1 is 0.889 bits per heavy atom. The van der Waals surface area contributed by atoms with E-state index < -0.39 is 26.4 Å². The fraction of sp³-hybridized carbons (Fsp3) is 0.432. The number of benzene rings is 3. The Kier molecular flexibility index (Phi) is 8.51. The molecule has 3 aliphatic rings. The van der Waals surface area contributed by atoms with Crippen molar-refractivity contribution in [2.45, 2.75) is 71.0 Å². The van der Waals surface area contributed by atoms with Crippen molar-refractivity contribution in [1.29, 1.82) is 0 Å². The van der Waals surface area contributed by atoms with Crippen molar-refractivity contribution in [2.24, 2.45) is 0 Å². The van der Waals surface area contributed by atoms with Gasteiger partial charge in [-0.2, -0.15) is 0 Å². The summed E-state index contributed by atoms with van der Waals surface area (Å²) in [6.45, 7) is 19.1. The van der Waals surface area contributed by atoms with E-state index >= 15 is 0 Å². The Hall–Kier alpha value is -3.35. The summed E-state index contributed by atoms with van der Waals surface area (Å²) in [6, 6.07) is 23.4. The van der Waals surface area contributed by atoms with Crippen molar-refractivity contribution >= 4 is 26.7 Å². The predicted octanol–water partition coefficient (Wildman–Crippen LogP) is 6.28. The van der Waals surface area contributed by atoms with Gasteiger partial charge in [0.1, 0.15) is 14.7 Å². The van der Waals surface area contributed by atoms with Crippen molar-refractivity contribution in [3.05, 3.63) is 89.0 Å². The molecule has 3 aromatic rings. The molecule has 0 bridgehead atoms. The van der Waals surface area contributed by atoms with Crippen molar-refractivity contribution in [1.82, 2.24) is 9.80 Å². The highest BCUT2D eigenvalue weighted by molar-refractivity contribution is 6.83. The van der Waals surface area contributed by atoms with Gasteiger partial charge in [-0.25, -0.2) is 4.79 Å². The Labute approximate surface area is 270 Å². The van der Waals surface area contributed by atoms with Gasteiger partial charge in [0.05, 0.1) is 11.2 Å². The first kappa shape index (κ1) is 31.6. The first-order chi connectivity index (χ1) is 21.3. The van der Waals surface area contributed by atoms with E-state index in [4.69, 9.17) is 14.0 Å². The molecule has 0 spiro atoms. The molecule has 6 nitrogen and oxygen atoms in total. The molecule has 234 valence electrons. The number of fused-ring (bicyclic) bond motifs is 3. The standard InChI is InChI=1S/C37H45BN2O4Si/c1-36(2)37(3,4)44-38(43-36)29-23-27(16-21-45(5,6)7)22-28(24-29)25-39-17-19-40(20-18-39)35(41)42-26-34-32-14-10-8-12-30(32)31-13-9-11-15-33(31)34/h8-15,22-24,34H,17-20,25-26H2,1-7H3. The summed E-state index contributed by atoms with van der Waals surface area (Å²) in [5, 5.41) is 0. The van der Waals surface area contributed by atoms with Crippen molar-refractivity contribution in [3.63, 3.8) is 0 Å². The van der Waals surface area contributed by atoms with Crippen molar-refractivity contribution in [2.75, 3.05) is 32.8 Å². The van der Waals surface area contributed by atoms with E-state index in [2.05, 4.69) is 130 Å². The van der Waals surface area contributed by atoms with Crippen LogP contribution in [0.3, 0.4) is 0 Å². The average Bonchev–Trinajstić information content (AvgIpc) is 3.43. The number of nitrogens with zero attached hydrogens (tertiary/aromatic N) is 2. The number of rotatable bonds is 5. The highest BCUT2D eigenvalue weighted by Gasteiger charge is 2.51. The van der Waals surface area contributed by atoms with E-state index in [0.717, 1.165) is 30.7 Å². The van der Waals surface area contributed by atoms with Crippen LogP contribution in [-0.2, 0) is 20.6 Å². The minimum absolute atomic E-state index is 0.0668. The third-order valence-electron chi connectivity index (χ3n) is 9.50. The molecule has 0 radical (unpaired) electrons. The van der Waals surface area contributed by atoms with Gasteiger partial charge in [-0.05, 0) is 73.1 Å². The van der Waals surface area contributed by atoms with Crippen LogP contribution < -0.4 is 5.46 Å². The normalized spacial score (nSPS) is 19.1. The van der Waals surface area contributed by atoms with Gasteiger partial charge in [-0.1, -0.05) is 80.2 Å². The molecule has 2 aliphatic heterocycles. The van der Waals surface area contributed by atoms with Gasteiger partial charge < -0.3 is 18.9 Å². The van der Waals surface area contributed by atoms with Gasteiger partial charge in [0.25, 0.3) is 0 Å². The van der Waals surface area contributed by atoms with Gasteiger partial charge in [0.2, 0.25) is 0 Å². The zero-order valence-electron chi connectivity index (χ0n) is 27.8. The van der Waals surface area contributed by atoms with Crippen LogP contribution in [0.1, 0.15) is 55.9 Å². The molecule has 45 heavy (non-hydrogen) atoms. The average molecular weight is 621 g/mol. The molecule has 2 fully saturated rings. The molecule has 0 saturated carbocycles. The second-order valence-electron chi connectivity index (χ2n) is 14.6. The zero-order chi connectivity index (χ0) is 32.0. The molecule has 0 unspecified atom stereocenters. The topological polar surface area (TPSA) is 51.2 Å². The SMILES string of the molecule is CC1(C)OB(c2cc(C#C[Si](C)(C)C)cc(CN3CCN(C(=O)OCC4c5ccccc5-c5ccccc54)CC3)c2)OC1(C)C. The lowest BCUT2D eigenvalue weighted by Gasteiger charge is -2.34. The summed E-state index contributed by atoms with van der Waals surface area (Å²) in [4.78, 5) is 17.4. The van der Waals surface area contributed by atoms with E-state index in [9.17, 15) is 4.79 Å². The molecule has 0 atom stereocenters. The molecular formula is C37H45BN2O4Si. The Bertz CT molecular complexity index is 1580. The minimum atomic E-state index is -1.55. The number of carbonyl (C=O) groups excluding carboxylic acids is 1. The highest BCUT2D eigenvalue weighted by Crippen LogP contribution is 2.44. The summed E-state index contributed by atoms with van der Waals surface area (Å²) in [7, 11) is -1.98. The van der Waals surface area contributed by atoms with Gasteiger partial charge >= 0.3 is 13.2 Å². The molecule has 8 heteroatoms. The zero-order valence-corrected chi connectivity index (χ0v) is 28.8. The smallest absolute Gasteiger partial charge is 0.448 e. The van der Waals surface area contributed by atoms with Crippen LogP contribution in [0.5, 0.6) is 0 Å². The number of carbonyl (C=O) groups is 1. The minimum Gasteiger partial charge on any atom is -0.448 e. The molecule has 0 N–H and O–H groups in total. The van der Waals surface area contributed by atoms with Gasteiger partial charge in [0, 0.05) is 44.2 Å². The lowest BCUT2D eigenvalue weighted by molar-refractivity contribution is 0.00578. The molecule has 3 aromatic carbocycles. The van der Waals surface area contributed by atoms with Crippen LogP contribution >= 0.6 is 0 Å². The van der Waals surface area contributed by atoms with Crippen LogP contribution in [0.4, 0.5) is 4.79 Å². The predicted molar refractivity (Wildman–Crippen MR) is 184 cm³/mol. The quantitative estimate of drug-likeness (QED) is 0.248. The van der Waals surface area contributed by atoms with Crippen LogP contribution in [-0.4, -0.2) is 75.1 Å². The molecular weight excluding hydrogens is 575 g/mol. The first-order valence-electron chi connectivity index (χ1n) is 16.1. The van der Waals surface area contributed by atoms with E-state index in [0.29, 0.717) is 19.7 Å². The van der Waals surface area contributed by atoms with Crippen LogP contribution in [0.25, 0.3) is 11.1 Å². The van der Waals surface area contributed by atoms with Crippen LogP contribution in [0.15, 0.2) is 66.7 Å². The molecule has 2 saturated heterocycles. The van der Waals surface area contributed by atoms with Gasteiger partial charge in [-0.15, -0.1) is 5.54 Å². The van der Waals surface area contributed by atoms with Crippen molar-refractivity contribution in [3.8, 4) is 22.6 Å². The van der Waals surface area contributed by atoms with Crippen LogP contribution in [0, 0.1) is 11.5 Å². The van der Waals surface area contributed by atoms with E-state index in [-0.39, 0.29) is 12.0 Å². The lowest BCUT2D eigenvalue weighted by Crippen LogP contribution is -2.48. The first-order valence-corrected chi connectivity index (χ1v) is 19.6. The van der Waals surface area contributed by atoms with E-state index in [1.807, 2.05) is 4.90 Å². The third kappa shape index (κ3) is 6.78. The molecule has 2 heterocycles. The van der Waals surface area contributed by atoms with Gasteiger partial charge in [0.15, 0.2) is 0 Å². The maximum Gasteiger partial charge on any atom is 0.494 e. The summed E-state index contributed by atoms with van der Waals surface area (Å²) >= 11 is 0. The Morgan fingerprint density at radius 3 is 2.04 bits per heavy atom. The summed E-state index contributed by atoms with van der Waals surface area (Å²) in [5.74, 6) is 3.52. The summed E-state index contributed by atoms with van der Waals surface area (Å²) in [5.41, 5.74) is 10.8. The monoisotopic (exact) mass is 620 g/mol. The second-order valence-corrected chi connectivity index (χ2v) is 19.4. The number of ether oxygens (including phenoxy) is 1. The highest BCUT2D eigenvalue weighted by atomic mass is 28.3. The number of hydrogen-bond acceptors (Lipinski definition) is 5. The maximum atomic E-state index is 13.2. The Balaban J connectivity index is 1.10. The number of hydrogen-bond donors (Lipinski definition) is 0. The summed E-state index contributed by atoms with van der Waals surface area (Å²) in [6.07, 6.45) is -0.233. The van der Waals surface area contributed by atoms with Crippen molar-refractivity contribution < 1.29 is 18.8 Å². The van der Waals surface area contributed by atoms with E-state index in [1.54, 1.807) is 0 Å². The fourth-order valence-electron chi connectivity index (χ4n) is 6.29. The van der Waals surface area contributed by atoms with Crippen LogP contribution in [0.2, 0.25) is 19.6 Å². The molecule has 0 aromatic heterocycles. The van der Waals surface area contributed by atoms with E-state index in [1.165, 1.54) is 27.8 Å².